The van der Waals surface area contributed by atoms with Crippen LogP contribution in [0.5, 0.6) is 5.88 Å². The minimum absolute atomic E-state index is 0.150. The Morgan fingerprint density at radius 1 is 1.32 bits per heavy atom. The van der Waals surface area contributed by atoms with E-state index in [1.54, 1.807) is 24.1 Å². The first-order valence-electron chi connectivity index (χ1n) is 7.49. The molecule has 0 amide bonds. The largest absolute Gasteiger partial charge is 0.593 e. The van der Waals surface area contributed by atoms with Gasteiger partial charge in [-0.15, -0.1) is 0 Å². The Morgan fingerprint density at radius 2 is 2.12 bits per heavy atom. The molecule has 1 aromatic carbocycles. The van der Waals surface area contributed by atoms with E-state index in [9.17, 15) is 10.4 Å². The van der Waals surface area contributed by atoms with Gasteiger partial charge in [0.1, 0.15) is 13.2 Å². The number of rotatable bonds is 5. The molecule has 0 aliphatic rings. The Morgan fingerprint density at radius 3 is 2.76 bits per heavy atom. The van der Waals surface area contributed by atoms with Gasteiger partial charge in [-0.05, 0) is 29.3 Å². The van der Waals surface area contributed by atoms with Crippen molar-refractivity contribution >= 4 is 17.3 Å². The molecule has 25 heavy (non-hydrogen) atoms. The first kappa shape index (κ1) is 17.4. The molecule has 2 aromatic heterocycles. The quantitative estimate of drug-likeness (QED) is 0.556. The Kier molecular flexibility index (Phi) is 4.73. The SMILES string of the molecule is COc1ncc(Cn2cc([N+](C)([O-])O)cn2)cc1-c1cccc(Cl)c1. The fraction of sp³-hybridized carbons (Fsp3) is 0.176. The maximum atomic E-state index is 11.5. The van der Waals surface area contributed by atoms with E-state index in [-0.39, 0.29) is 5.69 Å². The molecule has 0 saturated carbocycles. The van der Waals surface area contributed by atoms with E-state index in [1.165, 1.54) is 12.4 Å². The van der Waals surface area contributed by atoms with Crippen LogP contribution in [0.15, 0.2) is 48.9 Å². The van der Waals surface area contributed by atoms with E-state index in [0.29, 0.717) is 17.4 Å². The zero-order valence-corrected chi connectivity index (χ0v) is 14.5. The highest BCUT2D eigenvalue weighted by Crippen LogP contribution is 2.30. The fourth-order valence-electron chi connectivity index (χ4n) is 2.45. The number of ether oxygens (including phenoxy) is 1. The van der Waals surface area contributed by atoms with E-state index < -0.39 is 4.81 Å². The summed E-state index contributed by atoms with van der Waals surface area (Å²) in [5.41, 5.74) is 2.71. The minimum atomic E-state index is -1.52. The van der Waals surface area contributed by atoms with Gasteiger partial charge in [-0.3, -0.25) is 4.68 Å². The number of hydrogen-bond acceptors (Lipinski definition) is 5. The molecule has 1 N–H and O–H groups in total. The van der Waals surface area contributed by atoms with Crippen molar-refractivity contribution in [2.24, 2.45) is 0 Å². The average molecular weight is 361 g/mol. The number of methoxy groups -OCH3 is 1. The van der Waals surface area contributed by atoms with Gasteiger partial charge in [-0.25, -0.2) is 10.2 Å². The van der Waals surface area contributed by atoms with Crippen LogP contribution in [0.3, 0.4) is 0 Å². The van der Waals surface area contributed by atoms with Crippen LogP contribution in [-0.2, 0) is 6.54 Å². The number of hydrogen-bond donors (Lipinski definition) is 1. The zero-order valence-electron chi connectivity index (χ0n) is 13.8. The normalized spacial score (nSPS) is 13.5. The molecule has 1 unspecified atom stereocenters. The molecule has 0 bridgehead atoms. The smallest absolute Gasteiger partial charge is 0.221 e. The number of hydroxylamine groups is 2. The second kappa shape index (κ2) is 6.81. The van der Waals surface area contributed by atoms with E-state index in [4.69, 9.17) is 16.3 Å². The molecular weight excluding hydrogens is 344 g/mol. The van der Waals surface area contributed by atoms with Crippen molar-refractivity contribution in [2.75, 3.05) is 14.2 Å². The van der Waals surface area contributed by atoms with Crippen LogP contribution in [0.4, 0.5) is 5.69 Å². The predicted molar refractivity (Wildman–Crippen MR) is 95.4 cm³/mol. The summed E-state index contributed by atoms with van der Waals surface area (Å²) in [7, 11) is 2.68. The zero-order chi connectivity index (χ0) is 18.0. The van der Waals surface area contributed by atoms with E-state index in [1.807, 2.05) is 24.3 Å². The van der Waals surface area contributed by atoms with Gasteiger partial charge in [0, 0.05) is 16.8 Å². The van der Waals surface area contributed by atoms with Crippen molar-refractivity contribution in [3.05, 3.63) is 64.7 Å². The van der Waals surface area contributed by atoms with Gasteiger partial charge in [0.05, 0.1) is 19.9 Å². The monoisotopic (exact) mass is 360 g/mol. The van der Waals surface area contributed by atoms with Crippen molar-refractivity contribution in [3.8, 4) is 17.0 Å². The number of halogens is 1. The highest BCUT2D eigenvalue weighted by atomic mass is 35.5. The lowest BCUT2D eigenvalue weighted by Gasteiger charge is -2.25. The molecule has 7 nitrogen and oxygen atoms in total. The first-order chi connectivity index (χ1) is 11.9. The lowest BCUT2D eigenvalue weighted by Crippen LogP contribution is -2.32. The molecular formula is C17H17ClN4O3. The molecule has 8 heteroatoms. The third-order valence-corrected chi connectivity index (χ3v) is 3.92. The van der Waals surface area contributed by atoms with Gasteiger partial charge in [0.2, 0.25) is 11.6 Å². The van der Waals surface area contributed by atoms with Crippen molar-refractivity contribution < 1.29 is 9.94 Å². The third-order valence-electron chi connectivity index (χ3n) is 3.68. The highest BCUT2D eigenvalue weighted by molar-refractivity contribution is 6.30. The summed E-state index contributed by atoms with van der Waals surface area (Å²) < 4.78 is 6.90. The molecule has 0 aliphatic carbocycles. The van der Waals surface area contributed by atoms with Crippen molar-refractivity contribution in [1.82, 2.24) is 19.6 Å². The van der Waals surface area contributed by atoms with Gasteiger partial charge >= 0.3 is 0 Å². The second-order valence-electron chi connectivity index (χ2n) is 5.69. The summed E-state index contributed by atoms with van der Waals surface area (Å²) in [6.45, 7) is 0.393. The van der Waals surface area contributed by atoms with E-state index >= 15 is 0 Å². The van der Waals surface area contributed by atoms with Crippen LogP contribution in [-0.4, -0.2) is 34.1 Å². The molecule has 2 heterocycles. The molecule has 0 aliphatic heterocycles. The molecule has 0 spiro atoms. The first-order valence-corrected chi connectivity index (χ1v) is 7.87. The summed E-state index contributed by atoms with van der Waals surface area (Å²) in [5.74, 6) is 0.492. The maximum absolute atomic E-state index is 11.5. The Balaban J connectivity index is 1.93. The van der Waals surface area contributed by atoms with Gasteiger partial charge in [-0.1, -0.05) is 23.7 Å². The standard InChI is InChI=1S/C17H17ClN4O3/c1-22(23,24)15-9-20-21(11-15)10-12-6-16(17(25-2)19-8-12)13-4-3-5-14(18)7-13/h3-9,11,23H,10H2,1-2H3. The predicted octanol–water partition coefficient (Wildman–Crippen LogP) is 3.48. The van der Waals surface area contributed by atoms with Crippen LogP contribution < -0.4 is 9.55 Å². The molecule has 0 radical (unpaired) electrons. The molecule has 0 saturated heterocycles. The van der Waals surface area contributed by atoms with Gasteiger partial charge in [0.15, 0.2) is 0 Å². The van der Waals surface area contributed by atoms with Crippen LogP contribution >= 0.6 is 11.6 Å². The van der Waals surface area contributed by atoms with E-state index in [0.717, 1.165) is 23.7 Å². The lowest BCUT2D eigenvalue weighted by atomic mass is 10.1. The lowest BCUT2D eigenvalue weighted by molar-refractivity contribution is -0.00446. The van der Waals surface area contributed by atoms with Crippen LogP contribution in [0.25, 0.3) is 11.1 Å². The Labute approximate surface area is 149 Å². The highest BCUT2D eigenvalue weighted by Gasteiger charge is 2.15. The topological polar surface area (TPSA) is 83.2 Å². The third kappa shape index (κ3) is 3.97. The molecule has 0 fully saturated rings. The molecule has 130 valence electrons. The van der Waals surface area contributed by atoms with E-state index in [2.05, 4.69) is 10.1 Å². The summed E-state index contributed by atoms with van der Waals surface area (Å²) in [4.78, 5) is 2.81. The summed E-state index contributed by atoms with van der Waals surface area (Å²) in [6.07, 6.45) is 4.51. The van der Waals surface area contributed by atoms with Crippen LogP contribution in [0, 0.1) is 5.21 Å². The molecule has 1 atom stereocenters. The summed E-state index contributed by atoms with van der Waals surface area (Å²) in [6, 6.07) is 9.35. The molecule has 3 rings (SSSR count). The second-order valence-corrected chi connectivity index (χ2v) is 6.12. The number of aromatic nitrogens is 3. The fourth-order valence-corrected chi connectivity index (χ4v) is 2.64. The number of benzene rings is 1. The average Bonchev–Trinajstić information content (AvgIpc) is 3.03. The molecule has 3 aromatic rings. The van der Waals surface area contributed by atoms with Crippen molar-refractivity contribution in [3.63, 3.8) is 0 Å². The van der Waals surface area contributed by atoms with Crippen molar-refractivity contribution in [2.45, 2.75) is 6.54 Å². The van der Waals surface area contributed by atoms with Gasteiger partial charge < -0.3 is 9.94 Å². The van der Waals surface area contributed by atoms with Gasteiger partial charge in [-0.2, -0.15) is 9.91 Å². The Bertz CT molecular complexity index is 890. The van der Waals surface area contributed by atoms with Crippen molar-refractivity contribution in [1.29, 1.82) is 0 Å². The van der Waals surface area contributed by atoms with Crippen LogP contribution in [0.1, 0.15) is 5.56 Å². The minimum Gasteiger partial charge on any atom is -0.593 e. The maximum Gasteiger partial charge on any atom is 0.221 e. The summed E-state index contributed by atoms with van der Waals surface area (Å²) >= 11 is 6.07. The number of nitrogens with zero attached hydrogens (tertiary/aromatic N) is 4. The summed E-state index contributed by atoms with van der Waals surface area (Å²) in [5, 5.41) is 25.7. The number of quaternary nitrogens is 1. The Hall–Kier alpha value is -2.45. The van der Waals surface area contributed by atoms with Gasteiger partial charge in [0.25, 0.3) is 0 Å². The van der Waals surface area contributed by atoms with Crippen LogP contribution in [0.2, 0.25) is 5.02 Å². The number of pyridine rings is 1.